The quantitative estimate of drug-likeness (QED) is 0.597. The minimum atomic E-state index is -3.76. The molecular formula is C18H24ClN3O3S. The Kier molecular flexibility index (Phi) is 8.57. The normalized spacial score (nSPS) is 10.7. The predicted molar refractivity (Wildman–Crippen MR) is 107 cm³/mol. The molecule has 2 rings (SSSR count). The fourth-order valence-corrected chi connectivity index (χ4v) is 3.37. The number of hydrogen-bond acceptors (Lipinski definition) is 4. The lowest BCUT2D eigenvalue weighted by molar-refractivity contribution is 0.0953. The van der Waals surface area contributed by atoms with E-state index in [9.17, 15) is 13.2 Å². The smallest absolute Gasteiger partial charge is 0.261 e. The maximum Gasteiger partial charge on any atom is 0.261 e. The fourth-order valence-electron chi connectivity index (χ4n) is 2.27. The molecule has 2 aromatic carbocycles. The zero-order chi connectivity index (χ0) is 18.3. The van der Waals surface area contributed by atoms with Crippen LogP contribution in [0.2, 0.25) is 0 Å². The molecule has 0 unspecified atom stereocenters. The summed E-state index contributed by atoms with van der Waals surface area (Å²) in [6, 6.07) is 13.1. The lowest BCUT2D eigenvalue weighted by Gasteiger charge is -2.10. The van der Waals surface area contributed by atoms with Crippen molar-refractivity contribution < 1.29 is 13.2 Å². The van der Waals surface area contributed by atoms with Crippen molar-refractivity contribution in [3.63, 3.8) is 0 Å². The van der Waals surface area contributed by atoms with Crippen molar-refractivity contribution in [2.24, 2.45) is 0 Å². The monoisotopic (exact) mass is 397 g/mol. The molecule has 0 heterocycles. The number of likely N-dealkylation sites (N-methyl/N-ethyl adjacent to an activating group) is 1. The second kappa shape index (κ2) is 10.2. The second-order valence-electron chi connectivity index (χ2n) is 5.61. The van der Waals surface area contributed by atoms with E-state index in [-0.39, 0.29) is 23.2 Å². The first-order valence-corrected chi connectivity index (χ1v) is 9.59. The van der Waals surface area contributed by atoms with Gasteiger partial charge in [0.2, 0.25) is 0 Å². The molecule has 0 aliphatic rings. The number of rotatable bonds is 8. The SMILES string of the molecule is CCNCCNC(=O)c1cccc(S(=O)(=O)Nc2cccc(C)c2)c1.Cl. The van der Waals surface area contributed by atoms with Crippen molar-refractivity contribution in [2.75, 3.05) is 24.4 Å². The molecule has 142 valence electrons. The Morgan fingerprint density at radius 1 is 1.04 bits per heavy atom. The highest BCUT2D eigenvalue weighted by Gasteiger charge is 2.16. The van der Waals surface area contributed by atoms with Crippen molar-refractivity contribution >= 4 is 34.0 Å². The number of benzene rings is 2. The number of carbonyl (C=O) groups excluding carboxylic acids is 1. The first kappa shape index (κ1) is 22.0. The van der Waals surface area contributed by atoms with Crippen LogP contribution in [0.4, 0.5) is 5.69 Å². The maximum atomic E-state index is 12.5. The van der Waals surface area contributed by atoms with E-state index in [4.69, 9.17) is 0 Å². The van der Waals surface area contributed by atoms with Gasteiger partial charge in [-0.25, -0.2) is 8.42 Å². The van der Waals surface area contributed by atoms with Crippen molar-refractivity contribution in [1.29, 1.82) is 0 Å². The molecule has 1 amide bonds. The van der Waals surface area contributed by atoms with E-state index in [0.29, 0.717) is 24.3 Å². The summed E-state index contributed by atoms with van der Waals surface area (Å²) in [7, 11) is -3.76. The van der Waals surface area contributed by atoms with Gasteiger partial charge in [0, 0.05) is 24.3 Å². The van der Waals surface area contributed by atoms with Crippen molar-refractivity contribution in [3.05, 3.63) is 59.7 Å². The zero-order valence-corrected chi connectivity index (χ0v) is 16.4. The summed E-state index contributed by atoms with van der Waals surface area (Å²) in [5.74, 6) is -0.300. The van der Waals surface area contributed by atoms with Crippen LogP contribution in [-0.2, 0) is 10.0 Å². The third kappa shape index (κ3) is 6.33. The lowest BCUT2D eigenvalue weighted by atomic mass is 10.2. The topological polar surface area (TPSA) is 87.3 Å². The Balaban J connectivity index is 0.00000338. The zero-order valence-electron chi connectivity index (χ0n) is 14.8. The maximum absolute atomic E-state index is 12.5. The van der Waals surface area contributed by atoms with E-state index in [2.05, 4.69) is 15.4 Å². The Morgan fingerprint density at radius 3 is 2.46 bits per heavy atom. The van der Waals surface area contributed by atoms with Gasteiger partial charge in [0.15, 0.2) is 0 Å². The molecule has 0 saturated heterocycles. The highest BCUT2D eigenvalue weighted by Crippen LogP contribution is 2.18. The van der Waals surface area contributed by atoms with Crippen LogP contribution in [0.5, 0.6) is 0 Å². The Hall–Kier alpha value is -2.09. The summed E-state index contributed by atoms with van der Waals surface area (Å²) < 4.78 is 27.6. The standard InChI is InChI=1S/C18H23N3O3S.ClH/c1-3-19-10-11-20-18(22)15-7-5-9-17(13-15)25(23,24)21-16-8-4-6-14(2)12-16;/h4-9,12-13,19,21H,3,10-11H2,1-2H3,(H,20,22);1H. The van der Waals surface area contributed by atoms with Gasteiger partial charge in [0.05, 0.1) is 4.90 Å². The van der Waals surface area contributed by atoms with Crippen LogP contribution in [0.15, 0.2) is 53.4 Å². The van der Waals surface area contributed by atoms with E-state index in [1.54, 1.807) is 30.3 Å². The van der Waals surface area contributed by atoms with Gasteiger partial charge in [-0.2, -0.15) is 0 Å². The van der Waals surface area contributed by atoms with E-state index in [1.807, 2.05) is 19.9 Å². The summed E-state index contributed by atoms with van der Waals surface area (Å²) in [4.78, 5) is 12.2. The summed E-state index contributed by atoms with van der Waals surface area (Å²) in [6.45, 7) is 5.84. The summed E-state index contributed by atoms with van der Waals surface area (Å²) in [6.07, 6.45) is 0. The molecule has 0 fully saturated rings. The van der Waals surface area contributed by atoms with Crippen LogP contribution in [-0.4, -0.2) is 34.0 Å². The molecule has 26 heavy (non-hydrogen) atoms. The van der Waals surface area contributed by atoms with Crippen molar-refractivity contribution in [2.45, 2.75) is 18.7 Å². The van der Waals surface area contributed by atoms with E-state index in [1.165, 1.54) is 12.1 Å². The van der Waals surface area contributed by atoms with Gasteiger partial charge in [0.25, 0.3) is 15.9 Å². The summed E-state index contributed by atoms with van der Waals surface area (Å²) in [5, 5.41) is 5.85. The number of carbonyl (C=O) groups is 1. The molecule has 0 atom stereocenters. The molecule has 6 nitrogen and oxygen atoms in total. The van der Waals surface area contributed by atoms with Gasteiger partial charge in [-0.05, 0) is 49.4 Å². The van der Waals surface area contributed by atoms with Crippen molar-refractivity contribution in [3.8, 4) is 0 Å². The van der Waals surface area contributed by atoms with Gasteiger partial charge in [-0.3, -0.25) is 9.52 Å². The Morgan fingerprint density at radius 2 is 1.77 bits per heavy atom. The third-order valence-electron chi connectivity index (χ3n) is 3.51. The lowest BCUT2D eigenvalue weighted by Crippen LogP contribution is -2.31. The Bertz CT molecular complexity index is 841. The minimum Gasteiger partial charge on any atom is -0.351 e. The van der Waals surface area contributed by atoms with E-state index in [0.717, 1.165) is 12.1 Å². The molecule has 0 saturated carbocycles. The molecule has 0 aliphatic heterocycles. The first-order chi connectivity index (χ1) is 11.9. The highest BCUT2D eigenvalue weighted by atomic mass is 35.5. The molecule has 0 radical (unpaired) electrons. The van der Waals surface area contributed by atoms with Crippen LogP contribution in [0.1, 0.15) is 22.8 Å². The van der Waals surface area contributed by atoms with Crippen LogP contribution < -0.4 is 15.4 Å². The van der Waals surface area contributed by atoms with Gasteiger partial charge < -0.3 is 10.6 Å². The molecular weight excluding hydrogens is 374 g/mol. The van der Waals surface area contributed by atoms with Crippen LogP contribution in [0.25, 0.3) is 0 Å². The van der Waals surface area contributed by atoms with Crippen LogP contribution >= 0.6 is 12.4 Å². The third-order valence-corrected chi connectivity index (χ3v) is 4.89. The highest BCUT2D eigenvalue weighted by molar-refractivity contribution is 7.92. The number of nitrogens with one attached hydrogen (secondary N) is 3. The Labute approximate surface area is 160 Å². The number of hydrogen-bond donors (Lipinski definition) is 3. The number of amides is 1. The molecule has 0 aromatic heterocycles. The average molecular weight is 398 g/mol. The van der Waals surface area contributed by atoms with Crippen LogP contribution in [0.3, 0.4) is 0 Å². The number of sulfonamides is 1. The first-order valence-electron chi connectivity index (χ1n) is 8.11. The minimum absolute atomic E-state index is 0. The number of aryl methyl sites for hydroxylation is 1. The van der Waals surface area contributed by atoms with Gasteiger partial charge in [-0.1, -0.05) is 25.1 Å². The summed E-state index contributed by atoms with van der Waals surface area (Å²) in [5.41, 5.74) is 1.75. The number of anilines is 1. The van der Waals surface area contributed by atoms with Crippen LogP contribution in [0, 0.1) is 6.92 Å². The fraction of sp³-hybridized carbons (Fsp3) is 0.278. The largest absolute Gasteiger partial charge is 0.351 e. The predicted octanol–water partition coefficient (Wildman–Crippen LogP) is 2.56. The second-order valence-corrected chi connectivity index (χ2v) is 7.29. The molecule has 2 aromatic rings. The number of halogens is 1. The van der Waals surface area contributed by atoms with Gasteiger partial charge in [-0.15, -0.1) is 12.4 Å². The summed E-state index contributed by atoms with van der Waals surface area (Å²) >= 11 is 0. The molecule has 3 N–H and O–H groups in total. The molecule has 0 aliphatic carbocycles. The van der Waals surface area contributed by atoms with Gasteiger partial charge in [0.1, 0.15) is 0 Å². The van der Waals surface area contributed by atoms with Gasteiger partial charge >= 0.3 is 0 Å². The molecule has 8 heteroatoms. The molecule has 0 bridgehead atoms. The molecule has 0 spiro atoms. The van der Waals surface area contributed by atoms with E-state index < -0.39 is 10.0 Å². The average Bonchev–Trinajstić information content (AvgIpc) is 2.58. The van der Waals surface area contributed by atoms with Crippen molar-refractivity contribution in [1.82, 2.24) is 10.6 Å². The van der Waals surface area contributed by atoms with E-state index >= 15 is 0 Å².